The topological polar surface area (TPSA) is 38.7 Å². The predicted molar refractivity (Wildman–Crippen MR) is 87.0 cm³/mol. The van der Waals surface area contributed by atoms with Crippen LogP contribution in [-0.4, -0.2) is 18.8 Å². The quantitative estimate of drug-likeness (QED) is 0.842. The zero-order chi connectivity index (χ0) is 15.2. The lowest BCUT2D eigenvalue weighted by molar-refractivity contribution is 0.218. The third-order valence-corrected chi connectivity index (χ3v) is 3.84. The summed E-state index contributed by atoms with van der Waals surface area (Å²) in [4.78, 5) is 0. The minimum absolute atomic E-state index is 0.672. The summed E-state index contributed by atoms with van der Waals surface area (Å²) in [5, 5.41) is 10.6. The van der Waals surface area contributed by atoms with Crippen LogP contribution in [0.25, 0.3) is 0 Å². The minimum Gasteiger partial charge on any atom is -0.497 e. The van der Waals surface area contributed by atoms with Crippen molar-refractivity contribution >= 4 is 15.9 Å². The van der Waals surface area contributed by atoms with Gasteiger partial charge in [0, 0.05) is 4.47 Å². The Morgan fingerprint density at radius 3 is 2.62 bits per heavy atom. The van der Waals surface area contributed by atoms with E-state index in [-0.39, 0.29) is 0 Å². The summed E-state index contributed by atoms with van der Waals surface area (Å²) in [6.45, 7) is 2.74. The summed E-state index contributed by atoms with van der Waals surface area (Å²) in [7, 11) is 1.62. The highest BCUT2D eigenvalue weighted by molar-refractivity contribution is 9.10. The molecule has 0 saturated heterocycles. The normalized spacial score (nSPS) is 12.0. The zero-order valence-electron chi connectivity index (χ0n) is 12.2. The van der Waals surface area contributed by atoms with Gasteiger partial charge in [-0.2, -0.15) is 0 Å². The number of halogens is 1. The second kappa shape index (κ2) is 7.48. The molecule has 0 saturated carbocycles. The second-order valence-electron chi connectivity index (χ2n) is 4.71. The third kappa shape index (κ3) is 3.99. The van der Waals surface area contributed by atoms with E-state index in [2.05, 4.69) is 22.9 Å². The van der Waals surface area contributed by atoms with Crippen LogP contribution >= 0.6 is 15.9 Å². The lowest BCUT2D eigenvalue weighted by Crippen LogP contribution is -2.02. The summed E-state index contributed by atoms with van der Waals surface area (Å²) in [6.07, 6.45) is 0.243. The number of methoxy groups -OCH3 is 1. The summed E-state index contributed by atoms with van der Waals surface area (Å²) in [6, 6.07) is 13.1. The maximum absolute atomic E-state index is 10.6. The fourth-order valence-corrected chi connectivity index (χ4v) is 2.61. The molecule has 0 fully saturated rings. The first-order chi connectivity index (χ1) is 10.2. The van der Waals surface area contributed by atoms with Gasteiger partial charge in [-0.3, -0.25) is 0 Å². The van der Waals surface area contributed by atoms with Gasteiger partial charge in [-0.15, -0.1) is 0 Å². The number of hydrogen-bond acceptors (Lipinski definition) is 3. The molecule has 2 aromatic carbocycles. The van der Waals surface area contributed by atoms with Crippen molar-refractivity contribution < 1.29 is 14.6 Å². The van der Waals surface area contributed by atoms with Gasteiger partial charge in [0.1, 0.15) is 17.6 Å². The van der Waals surface area contributed by atoms with Crippen LogP contribution in [0.5, 0.6) is 11.5 Å². The van der Waals surface area contributed by atoms with Crippen molar-refractivity contribution in [2.24, 2.45) is 0 Å². The van der Waals surface area contributed by atoms with Crippen LogP contribution in [0.15, 0.2) is 46.9 Å². The molecule has 0 aliphatic heterocycles. The maximum atomic E-state index is 10.6. The van der Waals surface area contributed by atoms with Crippen molar-refractivity contribution in [3.63, 3.8) is 0 Å². The van der Waals surface area contributed by atoms with Crippen molar-refractivity contribution in [2.45, 2.75) is 19.4 Å². The van der Waals surface area contributed by atoms with E-state index in [9.17, 15) is 5.11 Å². The smallest absolute Gasteiger partial charge is 0.120 e. The molecular formula is C17H19BrO3. The summed E-state index contributed by atoms with van der Waals surface area (Å²) >= 11 is 3.48. The monoisotopic (exact) mass is 350 g/mol. The van der Waals surface area contributed by atoms with Crippen molar-refractivity contribution in [3.8, 4) is 11.5 Å². The number of hydrogen-bond donors (Lipinski definition) is 1. The van der Waals surface area contributed by atoms with Crippen molar-refractivity contribution in [3.05, 3.63) is 58.1 Å². The summed E-state index contributed by atoms with van der Waals surface area (Å²) in [5.74, 6) is 1.52. The van der Waals surface area contributed by atoms with Gasteiger partial charge < -0.3 is 14.6 Å². The molecule has 0 aliphatic rings. The van der Waals surface area contributed by atoms with E-state index >= 15 is 0 Å². The van der Waals surface area contributed by atoms with Crippen LogP contribution in [-0.2, 0) is 0 Å². The van der Waals surface area contributed by atoms with E-state index < -0.39 is 6.10 Å². The van der Waals surface area contributed by atoms with Gasteiger partial charge in [-0.05, 0) is 41.8 Å². The number of aliphatic hydroxyl groups excluding tert-OH is 1. The number of ether oxygens (including phenoxy) is 2. The average molecular weight is 351 g/mol. The van der Waals surface area contributed by atoms with E-state index in [1.165, 1.54) is 0 Å². The average Bonchev–Trinajstić information content (AvgIpc) is 2.52. The van der Waals surface area contributed by atoms with E-state index in [4.69, 9.17) is 9.47 Å². The number of benzene rings is 2. The fourth-order valence-electron chi connectivity index (χ4n) is 2.03. The molecule has 0 amide bonds. The van der Waals surface area contributed by atoms with Gasteiger partial charge in [0.05, 0.1) is 13.7 Å². The lowest BCUT2D eigenvalue weighted by Gasteiger charge is -2.15. The standard InChI is InChI=1S/C17H19BrO3/c1-3-9-21-14-6-4-5-12(10-14)17(19)15-8-7-13(20-2)11-16(15)18/h4-8,10-11,17,19H,3,9H2,1-2H3. The molecule has 2 rings (SSSR count). The molecule has 1 N–H and O–H groups in total. The Labute approximate surface area is 133 Å². The zero-order valence-corrected chi connectivity index (χ0v) is 13.8. The largest absolute Gasteiger partial charge is 0.497 e. The van der Waals surface area contributed by atoms with Crippen LogP contribution < -0.4 is 9.47 Å². The molecule has 0 radical (unpaired) electrons. The molecule has 4 heteroatoms. The van der Waals surface area contributed by atoms with Crippen molar-refractivity contribution in [1.82, 2.24) is 0 Å². The fraction of sp³-hybridized carbons (Fsp3) is 0.294. The molecule has 0 spiro atoms. The Hall–Kier alpha value is -1.52. The number of aliphatic hydroxyl groups is 1. The van der Waals surface area contributed by atoms with Crippen molar-refractivity contribution in [2.75, 3.05) is 13.7 Å². The first kappa shape index (κ1) is 15.9. The lowest BCUT2D eigenvalue weighted by atomic mass is 10.0. The Balaban J connectivity index is 2.25. The molecule has 3 nitrogen and oxygen atoms in total. The highest BCUT2D eigenvalue weighted by Gasteiger charge is 2.15. The summed E-state index contributed by atoms with van der Waals surface area (Å²) < 4.78 is 11.6. The molecule has 1 unspecified atom stereocenters. The molecule has 0 aliphatic carbocycles. The Morgan fingerprint density at radius 2 is 1.95 bits per heavy atom. The van der Waals surface area contributed by atoms with E-state index in [0.29, 0.717) is 6.61 Å². The first-order valence-electron chi connectivity index (χ1n) is 6.90. The van der Waals surface area contributed by atoms with Crippen LogP contribution in [0, 0.1) is 0 Å². The van der Waals surface area contributed by atoms with E-state index in [1.54, 1.807) is 7.11 Å². The predicted octanol–water partition coefficient (Wildman–Crippen LogP) is 4.33. The van der Waals surface area contributed by atoms with Gasteiger partial charge >= 0.3 is 0 Å². The van der Waals surface area contributed by atoms with Gasteiger partial charge in [0.15, 0.2) is 0 Å². The van der Waals surface area contributed by atoms with Gasteiger partial charge in [-0.1, -0.05) is 41.1 Å². The Morgan fingerprint density at radius 1 is 1.14 bits per heavy atom. The molecule has 1 atom stereocenters. The molecule has 112 valence electrons. The van der Waals surface area contributed by atoms with Crippen LogP contribution in [0.4, 0.5) is 0 Å². The van der Waals surface area contributed by atoms with Gasteiger partial charge in [-0.25, -0.2) is 0 Å². The van der Waals surface area contributed by atoms with Gasteiger partial charge in [0.2, 0.25) is 0 Å². The molecular weight excluding hydrogens is 332 g/mol. The molecule has 21 heavy (non-hydrogen) atoms. The van der Waals surface area contributed by atoms with E-state index in [1.807, 2.05) is 42.5 Å². The van der Waals surface area contributed by atoms with E-state index in [0.717, 1.165) is 33.5 Å². The molecule has 2 aromatic rings. The first-order valence-corrected chi connectivity index (χ1v) is 7.69. The molecule has 0 aromatic heterocycles. The Bertz CT molecular complexity index is 598. The van der Waals surface area contributed by atoms with Crippen LogP contribution in [0.1, 0.15) is 30.6 Å². The maximum Gasteiger partial charge on any atom is 0.120 e. The van der Waals surface area contributed by atoms with Crippen LogP contribution in [0.2, 0.25) is 0 Å². The third-order valence-electron chi connectivity index (χ3n) is 3.15. The highest BCUT2D eigenvalue weighted by atomic mass is 79.9. The highest BCUT2D eigenvalue weighted by Crippen LogP contribution is 2.32. The Kier molecular flexibility index (Phi) is 5.65. The van der Waals surface area contributed by atoms with Gasteiger partial charge in [0.25, 0.3) is 0 Å². The molecule has 0 heterocycles. The summed E-state index contributed by atoms with van der Waals surface area (Å²) in [5.41, 5.74) is 1.60. The molecule has 0 bridgehead atoms. The number of rotatable bonds is 6. The SMILES string of the molecule is CCCOc1cccc(C(O)c2ccc(OC)cc2Br)c1. The van der Waals surface area contributed by atoms with Crippen molar-refractivity contribution in [1.29, 1.82) is 0 Å². The van der Waals surface area contributed by atoms with Crippen LogP contribution in [0.3, 0.4) is 0 Å². The minimum atomic E-state index is -0.713. The second-order valence-corrected chi connectivity index (χ2v) is 5.57.